The van der Waals surface area contributed by atoms with Gasteiger partial charge in [0.25, 0.3) is 0 Å². The first-order valence-corrected chi connectivity index (χ1v) is 12.5. The molecule has 0 bridgehead atoms. The molecule has 39 heavy (non-hydrogen) atoms. The van der Waals surface area contributed by atoms with E-state index >= 15 is 0 Å². The van der Waals surface area contributed by atoms with Crippen LogP contribution in [0.3, 0.4) is 0 Å². The van der Waals surface area contributed by atoms with Gasteiger partial charge in [0.2, 0.25) is 5.88 Å². The van der Waals surface area contributed by atoms with Crippen LogP contribution in [0.4, 0.5) is 5.82 Å². The standard InChI is InChI=1S/C31H30N4O4/c1-19-11-14-26(37-4)20(2)29(19)39-31-28-25(16-24(35-31)21-9-7-6-8-10-21)33-18-34-30(28)32-17-22-12-13-23(36-3)15-27(22)38-5/h6-16,18H,17H2,1-5H3,(H,32,33,34). The van der Waals surface area contributed by atoms with E-state index in [9.17, 15) is 0 Å². The number of rotatable bonds is 9. The maximum absolute atomic E-state index is 6.57. The van der Waals surface area contributed by atoms with Gasteiger partial charge in [0.15, 0.2) is 0 Å². The fourth-order valence-electron chi connectivity index (χ4n) is 4.47. The SMILES string of the molecule is COc1ccc(CNc2ncnc3cc(-c4ccccc4)nc(Oc4c(C)ccc(OC)c4C)c23)c(OC)c1. The highest BCUT2D eigenvalue weighted by molar-refractivity contribution is 5.95. The van der Waals surface area contributed by atoms with E-state index in [0.29, 0.717) is 40.6 Å². The number of nitrogens with one attached hydrogen (secondary N) is 1. The highest BCUT2D eigenvalue weighted by Crippen LogP contribution is 2.39. The zero-order valence-electron chi connectivity index (χ0n) is 22.6. The van der Waals surface area contributed by atoms with Crippen LogP contribution in [-0.2, 0) is 6.54 Å². The maximum Gasteiger partial charge on any atom is 0.233 e. The van der Waals surface area contributed by atoms with Crippen molar-refractivity contribution < 1.29 is 18.9 Å². The van der Waals surface area contributed by atoms with Crippen molar-refractivity contribution in [2.45, 2.75) is 20.4 Å². The average molecular weight is 523 g/mol. The summed E-state index contributed by atoms with van der Waals surface area (Å²) < 4.78 is 23.0. The number of hydrogen-bond acceptors (Lipinski definition) is 8. The van der Waals surface area contributed by atoms with Gasteiger partial charge in [0.1, 0.15) is 40.5 Å². The molecule has 1 N–H and O–H groups in total. The molecule has 8 nitrogen and oxygen atoms in total. The summed E-state index contributed by atoms with van der Waals surface area (Å²) >= 11 is 0. The van der Waals surface area contributed by atoms with Crippen molar-refractivity contribution in [1.82, 2.24) is 15.0 Å². The Morgan fingerprint density at radius 2 is 1.59 bits per heavy atom. The monoisotopic (exact) mass is 522 g/mol. The van der Waals surface area contributed by atoms with Crippen molar-refractivity contribution in [2.75, 3.05) is 26.6 Å². The lowest BCUT2D eigenvalue weighted by atomic mass is 10.1. The van der Waals surface area contributed by atoms with E-state index in [-0.39, 0.29) is 0 Å². The summed E-state index contributed by atoms with van der Waals surface area (Å²) in [5, 5.41) is 4.11. The van der Waals surface area contributed by atoms with E-state index in [1.54, 1.807) is 21.3 Å². The molecule has 0 atom stereocenters. The van der Waals surface area contributed by atoms with Gasteiger partial charge in [-0.15, -0.1) is 0 Å². The summed E-state index contributed by atoms with van der Waals surface area (Å²) in [7, 11) is 4.91. The lowest BCUT2D eigenvalue weighted by Crippen LogP contribution is -2.06. The van der Waals surface area contributed by atoms with E-state index < -0.39 is 0 Å². The molecule has 198 valence electrons. The Balaban J connectivity index is 1.62. The first kappa shape index (κ1) is 25.8. The summed E-state index contributed by atoms with van der Waals surface area (Å²) in [5.74, 6) is 3.85. The normalized spacial score (nSPS) is 10.8. The number of benzene rings is 3. The largest absolute Gasteiger partial charge is 0.497 e. The maximum atomic E-state index is 6.57. The van der Waals surface area contributed by atoms with Gasteiger partial charge in [-0.3, -0.25) is 0 Å². The van der Waals surface area contributed by atoms with Crippen molar-refractivity contribution in [1.29, 1.82) is 0 Å². The molecular formula is C31H30N4O4. The van der Waals surface area contributed by atoms with Crippen molar-refractivity contribution in [3.05, 3.63) is 89.7 Å². The molecule has 0 saturated heterocycles. The molecule has 8 heteroatoms. The van der Waals surface area contributed by atoms with E-state index in [4.69, 9.17) is 23.9 Å². The lowest BCUT2D eigenvalue weighted by molar-refractivity contribution is 0.391. The van der Waals surface area contributed by atoms with Crippen LogP contribution < -0.4 is 24.3 Å². The van der Waals surface area contributed by atoms with Crippen molar-refractivity contribution in [3.8, 4) is 40.1 Å². The Morgan fingerprint density at radius 1 is 0.795 bits per heavy atom. The number of aromatic nitrogens is 3. The van der Waals surface area contributed by atoms with Gasteiger partial charge < -0.3 is 24.3 Å². The third-order valence-electron chi connectivity index (χ3n) is 6.57. The fraction of sp³-hybridized carbons (Fsp3) is 0.194. The van der Waals surface area contributed by atoms with Gasteiger partial charge in [-0.25, -0.2) is 15.0 Å². The van der Waals surface area contributed by atoms with Crippen LogP contribution in [0, 0.1) is 13.8 Å². The number of hydrogen-bond donors (Lipinski definition) is 1. The van der Waals surface area contributed by atoms with Crippen LogP contribution in [0.15, 0.2) is 73.1 Å². The minimum absolute atomic E-state index is 0.399. The second kappa shape index (κ2) is 11.3. The zero-order chi connectivity index (χ0) is 27.4. The second-order valence-corrected chi connectivity index (χ2v) is 8.97. The minimum Gasteiger partial charge on any atom is -0.497 e. The molecule has 0 aliphatic rings. The zero-order valence-corrected chi connectivity index (χ0v) is 22.6. The highest BCUT2D eigenvalue weighted by Gasteiger charge is 2.19. The van der Waals surface area contributed by atoms with Gasteiger partial charge in [-0.2, -0.15) is 0 Å². The Labute approximate surface area is 227 Å². The smallest absolute Gasteiger partial charge is 0.233 e. The third kappa shape index (κ3) is 5.27. The first-order chi connectivity index (χ1) is 19.0. The summed E-state index contributed by atoms with van der Waals surface area (Å²) in [6.07, 6.45) is 1.54. The fourth-order valence-corrected chi connectivity index (χ4v) is 4.47. The number of aryl methyl sites for hydroxylation is 1. The van der Waals surface area contributed by atoms with Crippen LogP contribution in [0.25, 0.3) is 22.2 Å². The highest BCUT2D eigenvalue weighted by atomic mass is 16.5. The quantitative estimate of drug-likeness (QED) is 0.228. The number of methoxy groups -OCH3 is 3. The van der Waals surface area contributed by atoms with Gasteiger partial charge >= 0.3 is 0 Å². The van der Waals surface area contributed by atoms with Crippen molar-refractivity contribution in [3.63, 3.8) is 0 Å². The molecule has 0 aliphatic heterocycles. The summed E-state index contributed by atoms with van der Waals surface area (Å²) in [6, 6.07) is 21.5. The van der Waals surface area contributed by atoms with Crippen LogP contribution in [0.1, 0.15) is 16.7 Å². The van der Waals surface area contributed by atoms with Crippen molar-refractivity contribution >= 4 is 16.7 Å². The second-order valence-electron chi connectivity index (χ2n) is 8.97. The average Bonchev–Trinajstić information content (AvgIpc) is 2.98. The molecule has 5 rings (SSSR count). The van der Waals surface area contributed by atoms with Crippen LogP contribution in [0.5, 0.6) is 28.9 Å². The van der Waals surface area contributed by atoms with Crippen LogP contribution >= 0.6 is 0 Å². The number of fused-ring (bicyclic) bond motifs is 1. The number of pyridine rings is 1. The molecule has 0 aliphatic carbocycles. The molecule has 0 amide bonds. The molecule has 5 aromatic rings. The molecule has 2 heterocycles. The number of ether oxygens (including phenoxy) is 4. The van der Waals surface area contributed by atoms with Crippen LogP contribution in [0.2, 0.25) is 0 Å². The van der Waals surface area contributed by atoms with E-state index in [1.807, 2.05) is 80.6 Å². The summed E-state index contributed by atoms with van der Waals surface area (Å²) in [4.78, 5) is 14.1. The predicted molar refractivity (Wildman–Crippen MR) is 152 cm³/mol. The topological polar surface area (TPSA) is 87.6 Å². The molecule has 2 aromatic heterocycles. The molecule has 0 radical (unpaired) electrons. The first-order valence-electron chi connectivity index (χ1n) is 12.5. The Hall–Kier alpha value is -4.85. The molecule has 0 spiro atoms. The van der Waals surface area contributed by atoms with Gasteiger partial charge in [-0.1, -0.05) is 36.4 Å². The Kier molecular flexibility index (Phi) is 7.45. The number of nitrogens with zero attached hydrogens (tertiary/aromatic N) is 3. The van der Waals surface area contributed by atoms with E-state index in [2.05, 4.69) is 15.3 Å². The molecule has 0 saturated carbocycles. The Morgan fingerprint density at radius 3 is 2.33 bits per heavy atom. The Bertz CT molecular complexity index is 1620. The summed E-state index contributed by atoms with van der Waals surface area (Å²) in [5.41, 5.74) is 5.20. The van der Waals surface area contributed by atoms with E-state index in [0.717, 1.165) is 39.4 Å². The summed E-state index contributed by atoms with van der Waals surface area (Å²) in [6.45, 7) is 4.42. The molecule has 3 aromatic carbocycles. The predicted octanol–water partition coefficient (Wildman–Crippen LogP) is 6.74. The van der Waals surface area contributed by atoms with Gasteiger partial charge in [-0.05, 0) is 43.7 Å². The minimum atomic E-state index is 0.399. The molecular weight excluding hydrogens is 492 g/mol. The lowest BCUT2D eigenvalue weighted by Gasteiger charge is -2.17. The van der Waals surface area contributed by atoms with Crippen molar-refractivity contribution in [2.24, 2.45) is 0 Å². The molecule has 0 unspecified atom stereocenters. The van der Waals surface area contributed by atoms with E-state index in [1.165, 1.54) is 6.33 Å². The van der Waals surface area contributed by atoms with Gasteiger partial charge in [0.05, 0.1) is 32.5 Å². The van der Waals surface area contributed by atoms with Gasteiger partial charge in [0, 0.05) is 29.3 Å². The third-order valence-corrected chi connectivity index (χ3v) is 6.57. The van der Waals surface area contributed by atoms with Crippen LogP contribution in [-0.4, -0.2) is 36.3 Å². The number of anilines is 1. The molecule has 0 fully saturated rings.